The summed E-state index contributed by atoms with van der Waals surface area (Å²) in [5, 5.41) is 13.6. The van der Waals surface area contributed by atoms with Crippen molar-refractivity contribution in [1.82, 2.24) is 15.5 Å². The summed E-state index contributed by atoms with van der Waals surface area (Å²) >= 11 is 0. The van der Waals surface area contributed by atoms with Gasteiger partial charge in [-0.2, -0.15) is 5.10 Å². The lowest BCUT2D eigenvalue weighted by atomic mass is 10.2. The van der Waals surface area contributed by atoms with Gasteiger partial charge in [0.05, 0.1) is 18.3 Å². The second kappa shape index (κ2) is 12.0. The van der Waals surface area contributed by atoms with E-state index in [1.807, 2.05) is 44.2 Å². The van der Waals surface area contributed by atoms with Gasteiger partial charge in [0.2, 0.25) is 0 Å². The Hall–Kier alpha value is -2.54. The highest BCUT2D eigenvalue weighted by Crippen LogP contribution is 2.16. The number of benzene rings is 1. The minimum absolute atomic E-state index is 0.157. The second-order valence-electron chi connectivity index (χ2n) is 7.31. The third-order valence-electron chi connectivity index (χ3n) is 3.66. The highest BCUT2D eigenvalue weighted by molar-refractivity contribution is 5.93. The van der Waals surface area contributed by atoms with Gasteiger partial charge in [0.15, 0.2) is 5.96 Å². The Morgan fingerprint density at radius 1 is 1.14 bits per heavy atom. The number of H-pyrrole nitrogens is 1. The van der Waals surface area contributed by atoms with Crippen LogP contribution in [0, 0.1) is 5.92 Å². The molecule has 154 valence electrons. The number of hydrogen-bond donors (Lipinski definition) is 3. The number of aliphatic imine (C=N–C) groups is 1. The first-order chi connectivity index (χ1) is 13.5. The molecule has 0 saturated heterocycles. The lowest BCUT2D eigenvalue weighted by Crippen LogP contribution is -2.32. The molecule has 1 aromatic heterocycles. The number of nitrogens with one attached hydrogen (secondary N) is 3. The Bertz CT molecular complexity index is 681. The molecule has 0 spiro atoms. The van der Waals surface area contributed by atoms with Crippen LogP contribution in [0.2, 0.25) is 0 Å². The van der Waals surface area contributed by atoms with E-state index in [-0.39, 0.29) is 6.10 Å². The smallest absolute Gasteiger partial charge is 0.196 e. The fourth-order valence-corrected chi connectivity index (χ4v) is 2.40. The van der Waals surface area contributed by atoms with Crippen LogP contribution >= 0.6 is 0 Å². The van der Waals surface area contributed by atoms with Gasteiger partial charge in [-0.1, -0.05) is 13.8 Å². The molecule has 0 amide bonds. The number of hydrogen-bond acceptors (Lipinski definition) is 4. The molecule has 3 N–H and O–H groups in total. The molecule has 0 atom stereocenters. The molecular weight excluding hydrogens is 354 g/mol. The largest absolute Gasteiger partial charge is 0.491 e. The van der Waals surface area contributed by atoms with Gasteiger partial charge in [0.25, 0.3) is 0 Å². The molecule has 0 aliphatic rings. The molecule has 28 heavy (non-hydrogen) atoms. The van der Waals surface area contributed by atoms with Crippen LogP contribution in [0.1, 0.15) is 39.8 Å². The van der Waals surface area contributed by atoms with Crippen molar-refractivity contribution in [3.63, 3.8) is 0 Å². The molecule has 0 radical (unpaired) electrons. The van der Waals surface area contributed by atoms with E-state index in [1.165, 1.54) is 0 Å². The Labute approximate surface area is 167 Å². The molecule has 7 heteroatoms. The number of ether oxygens (including phenoxy) is 2. The predicted molar refractivity (Wildman–Crippen MR) is 114 cm³/mol. The van der Waals surface area contributed by atoms with E-state index in [1.54, 1.807) is 6.20 Å². The van der Waals surface area contributed by atoms with Crippen LogP contribution < -0.4 is 15.4 Å². The van der Waals surface area contributed by atoms with Crippen LogP contribution in [-0.2, 0) is 11.3 Å². The predicted octanol–water partition coefficient (Wildman–Crippen LogP) is 3.82. The maximum Gasteiger partial charge on any atom is 0.196 e. The Morgan fingerprint density at radius 3 is 2.57 bits per heavy atom. The Kier molecular flexibility index (Phi) is 9.34. The van der Waals surface area contributed by atoms with Gasteiger partial charge in [-0.25, -0.2) is 4.99 Å². The van der Waals surface area contributed by atoms with Crippen LogP contribution in [0.5, 0.6) is 5.75 Å². The number of aromatic nitrogens is 2. The summed E-state index contributed by atoms with van der Waals surface area (Å²) in [5.41, 5.74) is 1.91. The lowest BCUT2D eigenvalue weighted by Gasteiger charge is -2.14. The van der Waals surface area contributed by atoms with Crippen LogP contribution in [-0.4, -0.2) is 42.0 Å². The molecule has 0 aliphatic carbocycles. The average molecular weight is 388 g/mol. The lowest BCUT2D eigenvalue weighted by molar-refractivity contribution is 0.108. The highest BCUT2D eigenvalue weighted by Gasteiger charge is 2.03. The molecule has 0 bridgehead atoms. The Morgan fingerprint density at radius 2 is 1.93 bits per heavy atom. The van der Waals surface area contributed by atoms with Gasteiger partial charge in [0.1, 0.15) is 5.75 Å². The van der Waals surface area contributed by atoms with Crippen LogP contribution in [0.15, 0.2) is 41.5 Å². The van der Waals surface area contributed by atoms with Gasteiger partial charge in [0, 0.05) is 31.6 Å². The van der Waals surface area contributed by atoms with Gasteiger partial charge in [-0.3, -0.25) is 5.10 Å². The van der Waals surface area contributed by atoms with E-state index < -0.39 is 0 Å². The minimum Gasteiger partial charge on any atom is -0.491 e. The second-order valence-corrected chi connectivity index (χ2v) is 7.31. The third-order valence-corrected chi connectivity index (χ3v) is 3.66. The van der Waals surface area contributed by atoms with Gasteiger partial charge >= 0.3 is 0 Å². The number of rotatable bonds is 11. The van der Waals surface area contributed by atoms with Crippen LogP contribution in [0.25, 0.3) is 0 Å². The molecule has 0 saturated carbocycles. The average Bonchev–Trinajstić information content (AvgIpc) is 3.16. The molecule has 7 nitrogen and oxygen atoms in total. The van der Waals surface area contributed by atoms with E-state index in [9.17, 15) is 0 Å². The normalized spacial score (nSPS) is 11.9. The standard InChI is InChI=1S/C21H33N5O2/c1-16(2)15-27-13-5-11-22-21(23-14-19-10-12-24-26-19)25-18-6-8-20(9-7-18)28-17(3)4/h6-10,12,16-17H,5,11,13-15H2,1-4H3,(H,24,26)(H2,22,23,25). The van der Waals surface area contributed by atoms with Gasteiger partial charge in [-0.05, 0) is 56.5 Å². The third kappa shape index (κ3) is 8.90. The summed E-state index contributed by atoms with van der Waals surface area (Å²) < 4.78 is 11.3. The molecule has 2 rings (SSSR count). The van der Waals surface area contributed by atoms with E-state index >= 15 is 0 Å². The van der Waals surface area contributed by atoms with Crippen molar-refractivity contribution in [1.29, 1.82) is 0 Å². The molecule has 1 heterocycles. The number of guanidine groups is 1. The zero-order valence-electron chi connectivity index (χ0n) is 17.4. The van der Waals surface area contributed by atoms with Crippen molar-refractivity contribution in [2.75, 3.05) is 25.1 Å². The zero-order chi connectivity index (χ0) is 20.2. The highest BCUT2D eigenvalue weighted by atomic mass is 16.5. The van der Waals surface area contributed by atoms with Crippen molar-refractivity contribution < 1.29 is 9.47 Å². The van der Waals surface area contributed by atoms with E-state index in [0.717, 1.165) is 49.3 Å². The van der Waals surface area contributed by atoms with E-state index in [0.29, 0.717) is 12.5 Å². The quantitative estimate of drug-likeness (QED) is 0.310. The van der Waals surface area contributed by atoms with E-state index in [4.69, 9.17) is 9.47 Å². The molecular formula is C21H33N5O2. The Balaban J connectivity index is 1.89. The summed E-state index contributed by atoms with van der Waals surface area (Å²) in [6.45, 7) is 11.2. The van der Waals surface area contributed by atoms with Gasteiger partial charge < -0.3 is 20.1 Å². The molecule has 0 fully saturated rings. The summed E-state index contributed by atoms with van der Waals surface area (Å²) in [6, 6.07) is 9.79. The summed E-state index contributed by atoms with van der Waals surface area (Å²) in [7, 11) is 0. The zero-order valence-corrected chi connectivity index (χ0v) is 17.4. The first kappa shape index (κ1) is 21.8. The fourth-order valence-electron chi connectivity index (χ4n) is 2.40. The number of aromatic amines is 1. The number of nitrogens with zero attached hydrogens (tertiary/aromatic N) is 2. The van der Waals surface area contributed by atoms with Crippen molar-refractivity contribution in [3.8, 4) is 5.75 Å². The molecule has 0 unspecified atom stereocenters. The van der Waals surface area contributed by atoms with Crippen LogP contribution in [0.3, 0.4) is 0 Å². The summed E-state index contributed by atoms with van der Waals surface area (Å²) in [4.78, 5) is 4.63. The topological polar surface area (TPSA) is 83.6 Å². The first-order valence-electron chi connectivity index (χ1n) is 9.91. The fraction of sp³-hybridized carbons (Fsp3) is 0.524. The van der Waals surface area contributed by atoms with Crippen LogP contribution in [0.4, 0.5) is 5.69 Å². The van der Waals surface area contributed by atoms with Crippen molar-refractivity contribution in [2.24, 2.45) is 10.9 Å². The SMILES string of the molecule is CC(C)COCCCNC(=NCc1ccn[nH]1)Nc1ccc(OC(C)C)cc1. The number of anilines is 1. The maximum atomic E-state index is 5.69. The molecule has 2 aromatic rings. The first-order valence-corrected chi connectivity index (χ1v) is 9.91. The van der Waals surface area contributed by atoms with Gasteiger partial charge in [-0.15, -0.1) is 0 Å². The van der Waals surface area contributed by atoms with Crippen molar-refractivity contribution in [3.05, 3.63) is 42.2 Å². The summed E-state index contributed by atoms with van der Waals surface area (Å²) in [5.74, 6) is 2.13. The molecule has 1 aromatic carbocycles. The minimum atomic E-state index is 0.157. The molecule has 0 aliphatic heterocycles. The monoisotopic (exact) mass is 387 g/mol. The van der Waals surface area contributed by atoms with E-state index in [2.05, 4.69) is 39.7 Å². The van der Waals surface area contributed by atoms with Crippen molar-refractivity contribution >= 4 is 11.6 Å². The summed E-state index contributed by atoms with van der Waals surface area (Å²) in [6.07, 6.45) is 2.80. The maximum absolute atomic E-state index is 5.69. The van der Waals surface area contributed by atoms with Crippen molar-refractivity contribution in [2.45, 2.75) is 46.8 Å².